The van der Waals surface area contributed by atoms with Crippen LogP contribution in [0.5, 0.6) is 0 Å². The molecule has 3 aliphatic rings. The summed E-state index contributed by atoms with van der Waals surface area (Å²) in [5.74, 6) is 1.40. The molecular formula is C17H26Cl2N4O. The highest BCUT2D eigenvalue weighted by Gasteiger charge is 2.57. The molecule has 1 aromatic heterocycles. The second-order valence-corrected chi connectivity index (χ2v) is 6.96. The van der Waals surface area contributed by atoms with Crippen molar-refractivity contribution in [2.45, 2.75) is 32.1 Å². The van der Waals surface area contributed by atoms with Gasteiger partial charge in [-0.15, -0.1) is 24.8 Å². The lowest BCUT2D eigenvalue weighted by molar-refractivity contribution is -0.118. The molecule has 7 heteroatoms. The van der Waals surface area contributed by atoms with Gasteiger partial charge in [0, 0.05) is 19.0 Å². The molecule has 2 N–H and O–H groups in total. The van der Waals surface area contributed by atoms with Crippen molar-refractivity contribution >= 4 is 42.2 Å². The van der Waals surface area contributed by atoms with E-state index in [1.54, 1.807) is 6.20 Å². The Balaban J connectivity index is 0.00000104. The van der Waals surface area contributed by atoms with E-state index in [0.29, 0.717) is 0 Å². The monoisotopic (exact) mass is 372 g/mol. The van der Waals surface area contributed by atoms with Crippen molar-refractivity contribution < 1.29 is 4.79 Å². The summed E-state index contributed by atoms with van der Waals surface area (Å²) in [5, 5.41) is 6.43. The lowest BCUT2D eigenvalue weighted by Gasteiger charge is -2.23. The molecule has 0 bridgehead atoms. The molecule has 1 aromatic rings. The van der Waals surface area contributed by atoms with Gasteiger partial charge < -0.3 is 15.5 Å². The molecule has 3 heterocycles. The van der Waals surface area contributed by atoms with E-state index in [2.05, 4.69) is 20.5 Å². The van der Waals surface area contributed by atoms with Crippen LogP contribution in [-0.4, -0.2) is 37.1 Å². The zero-order valence-corrected chi connectivity index (χ0v) is 15.4. The van der Waals surface area contributed by atoms with Crippen molar-refractivity contribution in [3.63, 3.8) is 0 Å². The van der Waals surface area contributed by atoms with Crippen molar-refractivity contribution in [3.05, 3.63) is 18.3 Å². The normalized spacial score (nSPS) is 24.0. The fraction of sp³-hybridized carbons (Fsp3) is 0.647. The molecule has 4 rings (SSSR count). The second-order valence-electron chi connectivity index (χ2n) is 6.96. The van der Waals surface area contributed by atoms with Crippen LogP contribution in [0.2, 0.25) is 0 Å². The number of carbonyl (C=O) groups is 1. The van der Waals surface area contributed by atoms with Crippen LogP contribution >= 0.6 is 24.8 Å². The number of rotatable bonds is 3. The van der Waals surface area contributed by atoms with Gasteiger partial charge in [0.2, 0.25) is 5.91 Å². The topological polar surface area (TPSA) is 57.3 Å². The van der Waals surface area contributed by atoms with Gasteiger partial charge in [-0.2, -0.15) is 0 Å². The first-order chi connectivity index (χ1) is 10.8. The van der Waals surface area contributed by atoms with E-state index < -0.39 is 0 Å². The molecule has 1 spiro atoms. The van der Waals surface area contributed by atoms with Crippen LogP contribution in [0, 0.1) is 11.3 Å². The number of anilines is 2. The van der Waals surface area contributed by atoms with Crippen LogP contribution in [0.1, 0.15) is 32.1 Å². The van der Waals surface area contributed by atoms with E-state index in [-0.39, 0.29) is 42.1 Å². The number of amides is 1. The minimum absolute atomic E-state index is 0. The van der Waals surface area contributed by atoms with Gasteiger partial charge >= 0.3 is 0 Å². The van der Waals surface area contributed by atoms with Gasteiger partial charge in [0.25, 0.3) is 0 Å². The Morgan fingerprint density at radius 2 is 1.92 bits per heavy atom. The van der Waals surface area contributed by atoms with Gasteiger partial charge in [-0.25, -0.2) is 4.98 Å². The Hall–Kier alpha value is -1.04. The summed E-state index contributed by atoms with van der Waals surface area (Å²) in [6, 6.07) is 4.00. The van der Waals surface area contributed by atoms with Gasteiger partial charge in [0.15, 0.2) is 0 Å². The predicted molar refractivity (Wildman–Crippen MR) is 101 cm³/mol. The largest absolute Gasteiger partial charge is 0.357 e. The molecule has 0 aromatic carbocycles. The molecular weight excluding hydrogens is 347 g/mol. The third kappa shape index (κ3) is 3.79. The third-order valence-corrected chi connectivity index (χ3v) is 5.55. The number of halogens is 2. The fourth-order valence-electron chi connectivity index (χ4n) is 4.02. The Kier molecular flexibility index (Phi) is 6.34. The number of piperidine rings is 1. The molecule has 2 saturated heterocycles. The molecule has 5 nitrogen and oxygen atoms in total. The maximum Gasteiger partial charge on any atom is 0.228 e. The van der Waals surface area contributed by atoms with E-state index in [9.17, 15) is 4.79 Å². The number of nitrogens with one attached hydrogen (secondary N) is 2. The number of nitrogens with zero attached hydrogens (tertiary/aromatic N) is 2. The average molecular weight is 373 g/mol. The molecule has 1 atom stereocenters. The maximum absolute atomic E-state index is 12.4. The summed E-state index contributed by atoms with van der Waals surface area (Å²) in [4.78, 5) is 19.2. The zero-order valence-electron chi connectivity index (χ0n) is 13.8. The van der Waals surface area contributed by atoms with Crippen LogP contribution in [0.4, 0.5) is 11.5 Å². The number of pyridine rings is 1. The Morgan fingerprint density at radius 3 is 2.54 bits per heavy atom. The summed E-state index contributed by atoms with van der Waals surface area (Å²) >= 11 is 0. The second kappa shape index (κ2) is 7.89. The number of carbonyl (C=O) groups excluding carboxylic acids is 1. The summed E-state index contributed by atoms with van der Waals surface area (Å²) in [7, 11) is 0. The summed E-state index contributed by atoms with van der Waals surface area (Å²) in [6.07, 6.45) is 7.62. The first-order valence-corrected chi connectivity index (χ1v) is 8.49. The molecule has 3 fully saturated rings. The van der Waals surface area contributed by atoms with Gasteiger partial charge in [-0.05, 0) is 62.7 Å². The Bertz CT molecular complexity index is 554. The Morgan fingerprint density at radius 1 is 1.21 bits per heavy atom. The molecule has 1 amide bonds. The molecule has 134 valence electrons. The first kappa shape index (κ1) is 19.3. The smallest absolute Gasteiger partial charge is 0.228 e. The van der Waals surface area contributed by atoms with Crippen molar-refractivity contribution in [2.24, 2.45) is 11.3 Å². The SMILES string of the molecule is Cl.Cl.O=C(Nc1ccc(N2CCCC2)nc1)C1CC12CCNCC2. The summed E-state index contributed by atoms with van der Waals surface area (Å²) in [5.41, 5.74) is 1.11. The van der Waals surface area contributed by atoms with Crippen LogP contribution < -0.4 is 15.5 Å². The standard InChI is InChI=1S/C17H24N4O.2ClH/c22-16(14-11-17(14)5-7-18-8-6-17)20-13-3-4-15(19-12-13)21-9-1-2-10-21;;/h3-4,12,14,18H,1-2,5-11H2,(H,20,22);2*1H. The van der Waals surface area contributed by atoms with Gasteiger partial charge in [0.1, 0.15) is 5.82 Å². The molecule has 2 aliphatic heterocycles. The number of hydrogen-bond acceptors (Lipinski definition) is 4. The van der Waals surface area contributed by atoms with Crippen molar-refractivity contribution in [2.75, 3.05) is 36.4 Å². The third-order valence-electron chi connectivity index (χ3n) is 5.55. The molecule has 1 saturated carbocycles. The van der Waals surface area contributed by atoms with E-state index in [1.165, 1.54) is 12.8 Å². The van der Waals surface area contributed by atoms with Crippen LogP contribution in [-0.2, 0) is 4.79 Å². The lowest BCUT2D eigenvalue weighted by atomic mass is 9.92. The minimum Gasteiger partial charge on any atom is -0.357 e. The molecule has 24 heavy (non-hydrogen) atoms. The highest BCUT2D eigenvalue weighted by Crippen LogP contribution is 2.58. The van der Waals surface area contributed by atoms with Crippen LogP contribution in [0.15, 0.2) is 18.3 Å². The quantitative estimate of drug-likeness (QED) is 0.856. The Labute approximate surface area is 155 Å². The summed E-state index contributed by atoms with van der Waals surface area (Å²) < 4.78 is 0. The van der Waals surface area contributed by atoms with Crippen molar-refractivity contribution in [3.8, 4) is 0 Å². The van der Waals surface area contributed by atoms with Gasteiger partial charge in [0.05, 0.1) is 11.9 Å². The highest BCUT2D eigenvalue weighted by molar-refractivity contribution is 5.95. The number of hydrogen-bond donors (Lipinski definition) is 2. The van der Waals surface area contributed by atoms with E-state index in [4.69, 9.17) is 0 Å². The molecule has 0 radical (unpaired) electrons. The van der Waals surface area contributed by atoms with E-state index in [0.717, 1.165) is 56.9 Å². The van der Waals surface area contributed by atoms with Crippen LogP contribution in [0.3, 0.4) is 0 Å². The van der Waals surface area contributed by atoms with E-state index in [1.807, 2.05) is 12.1 Å². The fourth-order valence-corrected chi connectivity index (χ4v) is 4.02. The molecule has 1 unspecified atom stereocenters. The van der Waals surface area contributed by atoms with Crippen LogP contribution in [0.25, 0.3) is 0 Å². The van der Waals surface area contributed by atoms with Crippen molar-refractivity contribution in [1.29, 1.82) is 0 Å². The number of aromatic nitrogens is 1. The minimum atomic E-state index is 0. The first-order valence-electron chi connectivity index (χ1n) is 8.49. The van der Waals surface area contributed by atoms with Gasteiger partial charge in [-0.3, -0.25) is 4.79 Å². The average Bonchev–Trinajstić information content (AvgIpc) is 3.00. The summed E-state index contributed by atoms with van der Waals surface area (Å²) in [6.45, 7) is 4.29. The lowest BCUT2D eigenvalue weighted by Crippen LogP contribution is -2.31. The molecule has 1 aliphatic carbocycles. The van der Waals surface area contributed by atoms with Crippen molar-refractivity contribution in [1.82, 2.24) is 10.3 Å². The van der Waals surface area contributed by atoms with Gasteiger partial charge in [-0.1, -0.05) is 0 Å². The predicted octanol–water partition coefficient (Wildman–Crippen LogP) is 2.85. The zero-order chi connectivity index (χ0) is 15.0. The highest BCUT2D eigenvalue weighted by atomic mass is 35.5. The maximum atomic E-state index is 12.4. The van der Waals surface area contributed by atoms with E-state index >= 15 is 0 Å².